The molecule has 2 heteroatoms. The van der Waals surface area contributed by atoms with E-state index in [1.165, 1.54) is 18.4 Å². The van der Waals surface area contributed by atoms with Gasteiger partial charge in [-0.1, -0.05) is 12.1 Å². The van der Waals surface area contributed by atoms with Crippen LogP contribution in [0.2, 0.25) is 0 Å². The smallest absolute Gasteiger partial charge is 0.119 e. The van der Waals surface area contributed by atoms with Crippen LogP contribution >= 0.6 is 0 Å². The lowest BCUT2D eigenvalue weighted by atomic mass is 10.0. The van der Waals surface area contributed by atoms with Crippen LogP contribution in [0.3, 0.4) is 0 Å². The Kier molecular flexibility index (Phi) is 2.70. The SMILES string of the molecule is COc1cccc(C2CCC(C)(C)N2)c1. The second kappa shape index (κ2) is 3.86. The number of rotatable bonds is 2. The van der Waals surface area contributed by atoms with E-state index in [0.717, 1.165) is 5.75 Å². The lowest BCUT2D eigenvalue weighted by Gasteiger charge is -2.20. The molecule has 0 amide bonds. The van der Waals surface area contributed by atoms with Gasteiger partial charge in [-0.3, -0.25) is 0 Å². The van der Waals surface area contributed by atoms with Gasteiger partial charge in [0.2, 0.25) is 0 Å². The Hall–Kier alpha value is -1.02. The van der Waals surface area contributed by atoms with Crippen molar-refractivity contribution in [1.29, 1.82) is 0 Å². The van der Waals surface area contributed by atoms with Crippen molar-refractivity contribution in [3.63, 3.8) is 0 Å². The highest BCUT2D eigenvalue weighted by Gasteiger charge is 2.30. The van der Waals surface area contributed by atoms with Gasteiger partial charge >= 0.3 is 0 Å². The first kappa shape index (κ1) is 10.5. The summed E-state index contributed by atoms with van der Waals surface area (Å²) in [6, 6.07) is 8.82. The molecule has 1 saturated heterocycles. The van der Waals surface area contributed by atoms with Crippen LogP contribution < -0.4 is 10.1 Å². The molecular formula is C13H19NO. The van der Waals surface area contributed by atoms with Crippen molar-refractivity contribution in [3.05, 3.63) is 29.8 Å². The molecular weight excluding hydrogens is 186 g/mol. The van der Waals surface area contributed by atoms with E-state index in [9.17, 15) is 0 Å². The van der Waals surface area contributed by atoms with Gasteiger partial charge in [0, 0.05) is 11.6 Å². The third-order valence-electron chi connectivity index (χ3n) is 3.12. The van der Waals surface area contributed by atoms with E-state index in [0.29, 0.717) is 6.04 Å². The molecule has 1 atom stereocenters. The van der Waals surface area contributed by atoms with Crippen molar-refractivity contribution in [2.45, 2.75) is 38.3 Å². The van der Waals surface area contributed by atoms with E-state index in [1.54, 1.807) is 7.11 Å². The van der Waals surface area contributed by atoms with Crippen LogP contribution in [0.1, 0.15) is 38.3 Å². The largest absolute Gasteiger partial charge is 0.497 e. The molecule has 0 spiro atoms. The van der Waals surface area contributed by atoms with Crippen molar-refractivity contribution in [3.8, 4) is 5.75 Å². The molecule has 82 valence electrons. The number of benzene rings is 1. The van der Waals surface area contributed by atoms with Crippen LogP contribution in [-0.4, -0.2) is 12.6 Å². The van der Waals surface area contributed by atoms with E-state index in [-0.39, 0.29) is 5.54 Å². The van der Waals surface area contributed by atoms with E-state index in [1.807, 2.05) is 6.07 Å². The van der Waals surface area contributed by atoms with Crippen molar-refractivity contribution >= 4 is 0 Å². The molecule has 0 bridgehead atoms. The number of hydrogen-bond acceptors (Lipinski definition) is 2. The Morgan fingerprint density at radius 3 is 2.80 bits per heavy atom. The fourth-order valence-corrected chi connectivity index (χ4v) is 2.23. The average molecular weight is 205 g/mol. The van der Waals surface area contributed by atoms with E-state index >= 15 is 0 Å². The summed E-state index contributed by atoms with van der Waals surface area (Å²) in [5.74, 6) is 0.944. The van der Waals surface area contributed by atoms with Crippen LogP contribution in [0.4, 0.5) is 0 Å². The molecule has 2 nitrogen and oxygen atoms in total. The lowest BCUT2D eigenvalue weighted by molar-refractivity contribution is 0.411. The molecule has 1 aromatic rings. The minimum atomic E-state index is 0.272. The summed E-state index contributed by atoms with van der Waals surface area (Å²) in [4.78, 5) is 0. The fourth-order valence-electron chi connectivity index (χ4n) is 2.23. The maximum atomic E-state index is 5.24. The molecule has 0 radical (unpaired) electrons. The van der Waals surface area contributed by atoms with E-state index in [2.05, 4.69) is 37.4 Å². The topological polar surface area (TPSA) is 21.3 Å². The Morgan fingerprint density at radius 1 is 1.40 bits per heavy atom. The molecule has 1 fully saturated rings. The highest BCUT2D eigenvalue weighted by atomic mass is 16.5. The molecule has 1 unspecified atom stereocenters. The lowest BCUT2D eigenvalue weighted by Crippen LogP contribution is -2.33. The van der Waals surface area contributed by atoms with Gasteiger partial charge in [0.15, 0.2) is 0 Å². The van der Waals surface area contributed by atoms with Crippen LogP contribution in [-0.2, 0) is 0 Å². The van der Waals surface area contributed by atoms with Gasteiger partial charge in [0.05, 0.1) is 7.11 Å². The average Bonchev–Trinajstić information content (AvgIpc) is 2.59. The van der Waals surface area contributed by atoms with Crippen molar-refractivity contribution < 1.29 is 4.74 Å². The number of methoxy groups -OCH3 is 1. The normalized spacial score (nSPS) is 24.1. The van der Waals surface area contributed by atoms with Crippen molar-refractivity contribution in [1.82, 2.24) is 5.32 Å². The summed E-state index contributed by atoms with van der Waals surface area (Å²) in [6.07, 6.45) is 2.44. The van der Waals surface area contributed by atoms with E-state index in [4.69, 9.17) is 4.74 Å². The third kappa shape index (κ3) is 2.32. The molecule has 1 heterocycles. The molecule has 0 saturated carbocycles. The monoisotopic (exact) mass is 205 g/mol. The molecule has 1 aromatic carbocycles. The van der Waals surface area contributed by atoms with Crippen LogP contribution in [0.15, 0.2) is 24.3 Å². The molecule has 1 aliphatic heterocycles. The maximum absolute atomic E-state index is 5.24. The van der Waals surface area contributed by atoms with Crippen molar-refractivity contribution in [2.75, 3.05) is 7.11 Å². The first-order valence-corrected chi connectivity index (χ1v) is 5.52. The predicted molar refractivity (Wildman–Crippen MR) is 62.2 cm³/mol. The Balaban J connectivity index is 2.16. The van der Waals surface area contributed by atoms with Gasteiger partial charge in [-0.25, -0.2) is 0 Å². The maximum Gasteiger partial charge on any atom is 0.119 e. The highest BCUT2D eigenvalue weighted by Crippen LogP contribution is 2.33. The third-order valence-corrected chi connectivity index (χ3v) is 3.12. The molecule has 2 rings (SSSR count). The molecule has 0 aliphatic carbocycles. The van der Waals surface area contributed by atoms with Gasteiger partial charge < -0.3 is 10.1 Å². The standard InChI is InChI=1S/C13H19NO/c1-13(2)8-7-12(14-13)10-5-4-6-11(9-10)15-3/h4-6,9,12,14H,7-8H2,1-3H3. The Bertz CT molecular complexity index is 346. The Morgan fingerprint density at radius 2 is 2.20 bits per heavy atom. The van der Waals surface area contributed by atoms with Gasteiger partial charge in [-0.15, -0.1) is 0 Å². The van der Waals surface area contributed by atoms with Gasteiger partial charge in [0.25, 0.3) is 0 Å². The van der Waals surface area contributed by atoms with Gasteiger partial charge in [0.1, 0.15) is 5.75 Å². The Labute approximate surface area is 91.6 Å². The summed E-state index contributed by atoms with van der Waals surface area (Å²) in [6.45, 7) is 4.51. The minimum Gasteiger partial charge on any atom is -0.497 e. The second-order valence-corrected chi connectivity index (χ2v) is 4.90. The molecule has 1 aliphatic rings. The number of nitrogens with one attached hydrogen (secondary N) is 1. The zero-order valence-corrected chi connectivity index (χ0v) is 9.71. The summed E-state index contributed by atoms with van der Waals surface area (Å²) in [7, 11) is 1.71. The molecule has 15 heavy (non-hydrogen) atoms. The first-order chi connectivity index (χ1) is 7.11. The number of ether oxygens (including phenoxy) is 1. The van der Waals surface area contributed by atoms with Crippen LogP contribution in [0.5, 0.6) is 5.75 Å². The summed E-state index contributed by atoms with van der Waals surface area (Å²) in [5.41, 5.74) is 1.60. The van der Waals surface area contributed by atoms with Crippen LogP contribution in [0, 0.1) is 0 Å². The van der Waals surface area contributed by atoms with Gasteiger partial charge in [-0.2, -0.15) is 0 Å². The van der Waals surface area contributed by atoms with E-state index < -0.39 is 0 Å². The highest BCUT2D eigenvalue weighted by molar-refractivity contribution is 5.31. The minimum absolute atomic E-state index is 0.272. The number of hydrogen-bond donors (Lipinski definition) is 1. The summed E-state index contributed by atoms with van der Waals surface area (Å²) in [5, 5.41) is 3.64. The predicted octanol–water partition coefficient (Wildman–Crippen LogP) is 2.90. The van der Waals surface area contributed by atoms with Crippen LogP contribution in [0.25, 0.3) is 0 Å². The first-order valence-electron chi connectivity index (χ1n) is 5.52. The quantitative estimate of drug-likeness (QED) is 0.801. The molecule has 0 aromatic heterocycles. The summed E-state index contributed by atoms with van der Waals surface area (Å²) >= 11 is 0. The second-order valence-electron chi connectivity index (χ2n) is 4.90. The zero-order chi connectivity index (χ0) is 10.9. The zero-order valence-electron chi connectivity index (χ0n) is 9.71. The summed E-state index contributed by atoms with van der Waals surface area (Å²) < 4.78 is 5.24. The fraction of sp³-hybridized carbons (Fsp3) is 0.538. The van der Waals surface area contributed by atoms with Gasteiger partial charge in [-0.05, 0) is 44.4 Å². The van der Waals surface area contributed by atoms with Crippen molar-refractivity contribution in [2.24, 2.45) is 0 Å². The molecule has 1 N–H and O–H groups in total.